The summed E-state index contributed by atoms with van der Waals surface area (Å²) in [5.74, 6) is -1.22. The first-order valence-electron chi connectivity index (χ1n) is 12.4. The highest BCUT2D eigenvalue weighted by Gasteiger charge is 2.29. The second kappa shape index (κ2) is 12.1. The van der Waals surface area contributed by atoms with Gasteiger partial charge in [-0.1, -0.05) is 60.7 Å². The average molecular weight is 514 g/mol. The van der Waals surface area contributed by atoms with E-state index in [0.717, 1.165) is 33.3 Å². The summed E-state index contributed by atoms with van der Waals surface area (Å²) in [7, 11) is 1.28. The van der Waals surface area contributed by atoms with Gasteiger partial charge in [0.1, 0.15) is 17.8 Å². The number of fused-ring (bicyclic) bond motifs is 1. The van der Waals surface area contributed by atoms with Gasteiger partial charge < -0.3 is 25.5 Å². The molecule has 4 N–H and O–H groups in total. The van der Waals surface area contributed by atoms with Crippen LogP contribution in [0.15, 0.2) is 78.9 Å². The number of hydrogen-bond donors (Lipinski definition) is 4. The van der Waals surface area contributed by atoms with E-state index in [-0.39, 0.29) is 24.5 Å². The Morgan fingerprint density at radius 1 is 0.842 bits per heavy atom. The van der Waals surface area contributed by atoms with E-state index in [2.05, 4.69) is 15.6 Å². The molecule has 0 bridgehead atoms. The Labute approximate surface area is 221 Å². The highest BCUT2D eigenvalue weighted by Crippen LogP contribution is 2.26. The van der Waals surface area contributed by atoms with E-state index >= 15 is 0 Å². The zero-order valence-corrected chi connectivity index (χ0v) is 21.4. The molecule has 8 heteroatoms. The number of aromatic hydroxyl groups is 1. The van der Waals surface area contributed by atoms with Crippen LogP contribution >= 0.6 is 0 Å². The van der Waals surface area contributed by atoms with Crippen molar-refractivity contribution in [3.63, 3.8) is 0 Å². The molecule has 0 aliphatic carbocycles. The molecule has 1 aromatic heterocycles. The average Bonchev–Trinajstić information content (AvgIpc) is 3.25. The third-order valence-corrected chi connectivity index (χ3v) is 6.41. The van der Waals surface area contributed by atoms with Crippen molar-refractivity contribution < 1.29 is 24.2 Å². The molecule has 0 aliphatic rings. The number of methoxy groups -OCH3 is 1. The molecule has 0 unspecified atom stereocenters. The Kier molecular flexibility index (Phi) is 8.43. The van der Waals surface area contributed by atoms with Gasteiger partial charge in [-0.15, -0.1) is 0 Å². The molecule has 0 saturated heterocycles. The number of carbonyl (C=O) groups is 3. The highest BCUT2D eigenvalue weighted by molar-refractivity contribution is 5.91. The number of carbonyl (C=O) groups excluding carboxylic acids is 3. The molecule has 8 nitrogen and oxygen atoms in total. The van der Waals surface area contributed by atoms with Crippen LogP contribution in [0.3, 0.4) is 0 Å². The molecule has 0 fully saturated rings. The molecule has 38 heavy (non-hydrogen) atoms. The first kappa shape index (κ1) is 26.5. The molecule has 196 valence electrons. The normalized spacial score (nSPS) is 12.5. The second-order valence-corrected chi connectivity index (χ2v) is 9.20. The van der Waals surface area contributed by atoms with Crippen LogP contribution in [0.25, 0.3) is 10.9 Å². The molecule has 0 saturated carbocycles. The lowest BCUT2D eigenvalue weighted by atomic mass is 9.98. The third-order valence-electron chi connectivity index (χ3n) is 6.41. The third kappa shape index (κ3) is 6.59. The maximum Gasteiger partial charge on any atom is 0.328 e. The Bertz CT molecular complexity index is 1410. The smallest absolute Gasteiger partial charge is 0.328 e. The van der Waals surface area contributed by atoms with Gasteiger partial charge in [0.25, 0.3) is 0 Å². The van der Waals surface area contributed by atoms with E-state index in [9.17, 15) is 19.5 Å². The largest absolute Gasteiger partial charge is 0.508 e. The number of benzene rings is 3. The van der Waals surface area contributed by atoms with Gasteiger partial charge in [-0.3, -0.25) is 9.59 Å². The van der Waals surface area contributed by atoms with E-state index in [0.29, 0.717) is 6.42 Å². The number of H-pyrrole nitrogens is 1. The minimum Gasteiger partial charge on any atom is -0.508 e. The number of para-hydroxylation sites is 1. The summed E-state index contributed by atoms with van der Waals surface area (Å²) < 4.78 is 5.05. The predicted molar refractivity (Wildman–Crippen MR) is 145 cm³/mol. The lowest BCUT2D eigenvalue weighted by Gasteiger charge is -2.22. The molecule has 3 aromatic carbocycles. The number of aromatic amines is 1. The van der Waals surface area contributed by atoms with Gasteiger partial charge >= 0.3 is 5.97 Å². The summed E-state index contributed by atoms with van der Waals surface area (Å²) in [5, 5.41) is 16.1. The van der Waals surface area contributed by atoms with Crippen molar-refractivity contribution in [1.29, 1.82) is 0 Å². The number of esters is 1. The van der Waals surface area contributed by atoms with Gasteiger partial charge in [0.2, 0.25) is 11.8 Å². The lowest BCUT2D eigenvalue weighted by Crippen LogP contribution is -2.53. The van der Waals surface area contributed by atoms with Crippen LogP contribution in [0.1, 0.15) is 29.3 Å². The van der Waals surface area contributed by atoms with E-state index in [1.165, 1.54) is 14.0 Å². The van der Waals surface area contributed by atoms with E-state index in [4.69, 9.17) is 4.74 Å². The minimum absolute atomic E-state index is 0.184. The molecular weight excluding hydrogens is 482 g/mol. The monoisotopic (exact) mass is 513 g/mol. The topological polar surface area (TPSA) is 121 Å². The molecular formula is C30H31N3O5. The summed E-state index contributed by atoms with van der Waals surface area (Å²) in [6.45, 7) is 1.35. The summed E-state index contributed by atoms with van der Waals surface area (Å²) >= 11 is 0. The number of aromatic nitrogens is 1. The summed E-state index contributed by atoms with van der Waals surface area (Å²) in [6.07, 6.45) is 1.00. The van der Waals surface area contributed by atoms with Crippen LogP contribution in [0.4, 0.5) is 0 Å². The van der Waals surface area contributed by atoms with Gasteiger partial charge in [-0.2, -0.15) is 0 Å². The van der Waals surface area contributed by atoms with Crippen LogP contribution in [0.2, 0.25) is 0 Å². The van der Waals surface area contributed by atoms with Gasteiger partial charge in [0.05, 0.1) is 7.11 Å². The van der Waals surface area contributed by atoms with Crippen molar-refractivity contribution in [3.8, 4) is 5.75 Å². The van der Waals surface area contributed by atoms with Crippen LogP contribution in [0, 0.1) is 0 Å². The Morgan fingerprint density at radius 2 is 1.53 bits per heavy atom. The van der Waals surface area contributed by atoms with Crippen LogP contribution in [-0.4, -0.2) is 47.1 Å². The summed E-state index contributed by atoms with van der Waals surface area (Å²) in [6, 6.07) is 22.2. The molecule has 2 amide bonds. The van der Waals surface area contributed by atoms with E-state index in [1.807, 2.05) is 66.7 Å². The molecule has 0 spiro atoms. The van der Waals surface area contributed by atoms with Gasteiger partial charge in [-0.25, -0.2) is 4.79 Å². The number of phenols is 1. The standard InChI is InChI=1S/C30H31N3O5/c1-19(34)31-27(17-20-8-4-3-5-9-20)29(36)33-28(30(37)38-2)18-24-23-10-6-7-11-25(23)32-26(24)16-21-12-14-22(35)15-13-21/h3-15,27-28,32,35H,16-18H2,1-2H3,(H,31,34)(H,33,36)/t27-,28-/m0/s1. The van der Waals surface area contributed by atoms with Crippen molar-refractivity contribution in [2.75, 3.05) is 7.11 Å². The van der Waals surface area contributed by atoms with Crippen molar-refractivity contribution in [2.45, 2.75) is 38.3 Å². The fourth-order valence-corrected chi connectivity index (χ4v) is 4.57. The maximum absolute atomic E-state index is 13.3. The number of ether oxygens (including phenoxy) is 1. The molecule has 1 heterocycles. The van der Waals surface area contributed by atoms with E-state index in [1.54, 1.807) is 12.1 Å². The number of amides is 2. The van der Waals surface area contributed by atoms with Crippen LogP contribution in [0.5, 0.6) is 5.75 Å². The highest BCUT2D eigenvalue weighted by atomic mass is 16.5. The second-order valence-electron chi connectivity index (χ2n) is 9.20. The zero-order valence-electron chi connectivity index (χ0n) is 21.4. The first-order chi connectivity index (χ1) is 18.3. The van der Waals surface area contributed by atoms with Crippen molar-refractivity contribution in [3.05, 3.63) is 101 Å². The molecule has 0 radical (unpaired) electrons. The SMILES string of the molecule is COC(=O)[C@H](Cc1c(Cc2ccc(O)cc2)[nH]c2ccccc12)NC(=O)[C@H](Cc1ccccc1)NC(C)=O. The molecule has 2 atom stereocenters. The lowest BCUT2D eigenvalue weighted by molar-refractivity contribution is -0.145. The van der Waals surface area contributed by atoms with Gasteiger partial charge in [0.15, 0.2) is 0 Å². The molecule has 4 rings (SSSR count). The quantitative estimate of drug-likeness (QED) is 0.242. The summed E-state index contributed by atoms with van der Waals surface area (Å²) in [5.41, 5.74) is 4.53. The van der Waals surface area contributed by atoms with Gasteiger partial charge in [-0.05, 0) is 34.9 Å². The Hall–Kier alpha value is -4.59. The number of phenolic OH excluding ortho intramolecular Hbond substituents is 1. The van der Waals surface area contributed by atoms with E-state index < -0.39 is 24.0 Å². The number of hydrogen-bond acceptors (Lipinski definition) is 5. The van der Waals surface area contributed by atoms with Crippen LogP contribution < -0.4 is 10.6 Å². The fraction of sp³-hybridized carbons (Fsp3) is 0.233. The molecule has 0 aliphatic heterocycles. The maximum atomic E-state index is 13.3. The fourth-order valence-electron chi connectivity index (χ4n) is 4.57. The Morgan fingerprint density at radius 3 is 2.21 bits per heavy atom. The minimum atomic E-state index is -0.975. The van der Waals surface area contributed by atoms with Crippen molar-refractivity contribution >= 4 is 28.7 Å². The Balaban J connectivity index is 1.62. The summed E-state index contributed by atoms with van der Waals surface area (Å²) in [4.78, 5) is 41.5. The van der Waals surface area contributed by atoms with Gasteiger partial charge in [0, 0.05) is 42.8 Å². The predicted octanol–water partition coefficient (Wildman–Crippen LogP) is 3.41. The zero-order chi connectivity index (χ0) is 27.1. The van der Waals surface area contributed by atoms with Crippen molar-refractivity contribution in [2.24, 2.45) is 0 Å². The first-order valence-corrected chi connectivity index (χ1v) is 12.4. The number of nitrogens with one attached hydrogen (secondary N) is 3. The number of rotatable bonds is 10. The van der Waals surface area contributed by atoms with Crippen molar-refractivity contribution in [1.82, 2.24) is 15.6 Å². The molecule has 4 aromatic rings. The van der Waals surface area contributed by atoms with Crippen LogP contribution in [-0.2, 0) is 38.4 Å².